The van der Waals surface area contributed by atoms with Gasteiger partial charge in [-0.05, 0) is 56.7 Å². The van der Waals surface area contributed by atoms with Gasteiger partial charge < -0.3 is 14.4 Å². The Hall–Kier alpha value is -3.55. The van der Waals surface area contributed by atoms with E-state index in [0.29, 0.717) is 17.7 Å². The Morgan fingerprint density at radius 1 is 0.903 bits per heavy atom. The normalized spacial score (nSPS) is 11.2. The molecule has 2 rings (SSSR count). The third-order valence-electron chi connectivity index (χ3n) is 4.57. The fourth-order valence-electron chi connectivity index (χ4n) is 2.84. The van der Waals surface area contributed by atoms with Crippen LogP contribution in [0.1, 0.15) is 37.6 Å². The van der Waals surface area contributed by atoms with Crippen molar-refractivity contribution in [1.82, 2.24) is 10.9 Å². The second-order valence-electron chi connectivity index (χ2n) is 6.66. The van der Waals surface area contributed by atoms with Crippen LogP contribution >= 0.6 is 0 Å². The average molecular weight is 428 g/mol. The molecule has 0 aliphatic carbocycles. The fraction of sp³-hybridized carbons (Fsp3) is 0.348. The van der Waals surface area contributed by atoms with E-state index in [4.69, 9.17) is 9.47 Å². The van der Waals surface area contributed by atoms with Crippen molar-refractivity contribution in [3.8, 4) is 5.75 Å². The lowest BCUT2D eigenvalue weighted by Gasteiger charge is -2.21. The highest BCUT2D eigenvalue weighted by Gasteiger charge is 2.21. The molecule has 0 aliphatic heterocycles. The summed E-state index contributed by atoms with van der Waals surface area (Å²) in [5.74, 6) is -1.24. The minimum atomic E-state index is -0.825. The first-order valence-corrected chi connectivity index (χ1v) is 10.3. The second kappa shape index (κ2) is 12.2. The van der Waals surface area contributed by atoms with Gasteiger partial charge in [0.1, 0.15) is 5.75 Å². The van der Waals surface area contributed by atoms with Crippen LogP contribution in [0.3, 0.4) is 0 Å². The standard InChI is InChI=1S/C23H29N3O5/c1-4-20(31-19-10-8-7-9-11-19)23(29)30-16-21(27)24-25-22(28)17-12-14-18(15-13-17)26(5-2)6-3/h7-15,20H,4-6,16H2,1-3H3,(H,24,27)(H,25,28)/t20-/m1/s1. The topological polar surface area (TPSA) is 97.0 Å². The van der Waals surface area contributed by atoms with Crippen molar-refractivity contribution in [2.75, 3.05) is 24.6 Å². The maximum atomic E-state index is 12.2. The van der Waals surface area contributed by atoms with E-state index >= 15 is 0 Å². The molecule has 0 unspecified atom stereocenters. The highest BCUT2D eigenvalue weighted by molar-refractivity contribution is 5.95. The number of carbonyl (C=O) groups excluding carboxylic acids is 3. The first-order chi connectivity index (χ1) is 15.0. The number of benzene rings is 2. The van der Waals surface area contributed by atoms with E-state index in [1.165, 1.54) is 0 Å². The predicted octanol–water partition coefficient (Wildman–Crippen LogP) is 2.69. The Morgan fingerprint density at radius 3 is 2.13 bits per heavy atom. The van der Waals surface area contributed by atoms with Crippen LogP contribution in [0, 0.1) is 0 Å². The summed E-state index contributed by atoms with van der Waals surface area (Å²) in [5, 5.41) is 0. The molecule has 31 heavy (non-hydrogen) atoms. The number of anilines is 1. The molecule has 1 atom stereocenters. The summed E-state index contributed by atoms with van der Waals surface area (Å²) in [6.07, 6.45) is -0.440. The third-order valence-corrected chi connectivity index (χ3v) is 4.57. The maximum Gasteiger partial charge on any atom is 0.347 e. The van der Waals surface area contributed by atoms with Crippen molar-refractivity contribution in [3.63, 3.8) is 0 Å². The highest BCUT2D eigenvalue weighted by atomic mass is 16.6. The largest absolute Gasteiger partial charge is 0.479 e. The van der Waals surface area contributed by atoms with Crippen molar-refractivity contribution in [1.29, 1.82) is 0 Å². The van der Waals surface area contributed by atoms with Crippen molar-refractivity contribution in [2.24, 2.45) is 0 Å². The molecule has 0 aromatic heterocycles. The number of ether oxygens (including phenoxy) is 2. The highest BCUT2D eigenvalue weighted by Crippen LogP contribution is 2.15. The van der Waals surface area contributed by atoms with Gasteiger partial charge in [0.25, 0.3) is 11.8 Å². The van der Waals surface area contributed by atoms with Crippen LogP contribution in [0.2, 0.25) is 0 Å². The third kappa shape index (κ3) is 7.33. The zero-order chi connectivity index (χ0) is 22.6. The first kappa shape index (κ1) is 23.7. The SMILES string of the molecule is CC[C@@H](Oc1ccccc1)C(=O)OCC(=O)NNC(=O)c1ccc(N(CC)CC)cc1. The number of nitrogens with zero attached hydrogens (tertiary/aromatic N) is 1. The number of amides is 2. The van der Waals surface area contributed by atoms with Gasteiger partial charge in [-0.3, -0.25) is 20.4 Å². The van der Waals surface area contributed by atoms with E-state index in [2.05, 4.69) is 29.6 Å². The molecule has 2 amide bonds. The molecule has 0 saturated carbocycles. The molecule has 8 nitrogen and oxygen atoms in total. The molecule has 0 saturated heterocycles. The monoisotopic (exact) mass is 427 g/mol. The summed E-state index contributed by atoms with van der Waals surface area (Å²) in [6.45, 7) is 7.10. The van der Waals surface area contributed by atoms with Crippen molar-refractivity contribution < 1.29 is 23.9 Å². The number of esters is 1. The Kier molecular flexibility index (Phi) is 9.35. The van der Waals surface area contributed by atoms with Crippen LogP contribution in [0.15, 0.2) is 54.6 Å². The van der Waals surface area contributed by atoms with Crippen molar-refractivity contribution >= 4 is 23.5 Å². The number of nitrogens with one attached hydrogen (secondary N) is 2. The fourth-order valence-corrected chi connectivity index (χ4v) is 2.84. The van der Waals surface area contributed by atoms with Gasteiger partial charge in [0.05, 0.1) is 0 Å². The smallest absolute Gasteiger partial charge is 0.347 e. The number of hydrogen-bond acceptors (Lipinski definition) is 6. The van der Waals surface area contributed by atoms with Crippen molar-refractivity contribution in [2.45, 2.75) is 33.3 Å². The molecule has 8 heteroatoms. The molecule has 0 fully saturated rings. The zero-order valence-electron chi connectivity index (χ0n) is 18.1. The van der Waals surface area contributed by atoms with Gasteiger partial charge in [-0.15, -0.1) is 0 Å². The predicted molar refractivity (Wildman–Crippen MR) is 118 cm³/mol. The Labute approximate surface area is 182 Å². The molecular formula is C23H29N3O5. The molecule has 0 radical (unpaired) electrons. The van der Waals surface area contributed by atoms with E-state index in [-0.39, 0.29) is 0 Å². The quantitative estimate of drug-likeness (QED) is 0.447. The van der Waals surface area contributed by atoms with Gasteiger partial charge in [-0.1, -0.05) is 25.1 Å². The second-order valence-corrected chi connectivity index (χ2v) is 6.66. The van der Waals surface area contributed by atoms with Gasteiger partial charge in [-0.25, -0.2) is 4.79 Å². The lowest BCUT2D eigenvalue weighted by molar-refractivity contribution is -0.155. The lowest BCUT2D eigenvalue weighted by Crippen LogP contribution is -2.44. The summed E-state index contributed by atoms with van der Waals surface area (Å²) in [4.78, 5) is 38.4. The summed E-state index contributed by atoms with van der Waals surface area (Å²) in [6, 6.07) is 15.9. The molecule has 166 valence electrons. The number of hydrazine groups is 1. The molecule has 0 spiro atoms. The molecule has 0 heterocycles. The molecule has 0 bridgehead atoms. The lowest BCUT2D eigenvalue weighted by atomic mass is 10.2. The van der Waals surface area contributed by atoms with Gasteiger partial charge in [0.2, 0.25) is 0 Å². The van der Waals surface area contributed by atoms with E-state index < -0.39 is 30.5 Å². The summed E-state index contributed by atoms with van der Waals surface area (Å²) < 4.78 is 10.6. The molecule has 2 aromatic rings. The number of para-hydroxylation sites is 1. The van der Waals surface area contributed by atoms with E-state index in [1.54, 1.807) is 43.3 Å². The maximum absolute atomic E-state index is 12.2. The number of hydrogen-bond donors (Lipinski definition) is 2. The summed E-state index contributed by atoms with van der Waals surface area (Å²) in [7, 11) is 0. The van der Waals surface area contributed by atoms with Crippen LogP contribution in [0.4, 0.5) is 5.69 Å². The Bertz CT molecular complexity index is 851. The molecule has 2 N–H and O–H groups in total. The van der Waals surface area contributed by atoms with E-state index in [9.17, 15) is 14.4 Å². The number of carbonyl (C=O) groups is 3. The average Bonchev–Trinajstić information content (AvgIpc) is 2.81. The molecule has 0 aliphatic rings. The van der Waals surface area contributed by atoms with Crippen LogP contribution in [0.5, 0.6) is 5.75 Å². The minimum Gasteiger partial charge on any atom is -0.479 e. The van der Waals surface area contributed by atoms with E-state index in [1.807, 2.05) is 18.2 Å². The Balaban J connectivity index is 1.77. The van der Waals surface area contributed by atoms with Gasteiger partial charge in [0.15, 0.2) is 12.7 Å². The van der Waals surface area contributed by atoms with Crippen LogP contribution < -0.4 is 20.5 Å². The summed E-state index contributed by atoms with van der Waals surface area (Å²) >= 11 is 0. The zero-order valence-corrected chi connectivity index (χ0v) is 18.1. The number of rotatable bonds is 10. The van der Waals surface area contributed by atoms with Gasteiger partial charge in [-0.2, -0.15) is 0 Å². The first-order valence-electron chi connectivity index (χ1n) is 10.3. The van der Waals surface area contributed by atoms with Gasteiger partial charge in [0, 0.05) is 24.3 Å². The van der Waals surface area contributed by atoms with E-state index in [0.717, 1.165) is 18.8 Å². The minimum absolute atomic E-state index is 0.384. The molecular weight excluding hydrogens is 398 g/mol. The Morgan fingerprint density at radius 2 is 1.55 bits per heavy atom. The van der Waals surface area contributed by atoms with Crippen LogP contribution in [0.25, 0.3) is 0 Å². The van der Waals surface area contributed by atoms with Gasteiger partial charge >= 0.3 is 5.97 Å². The van der Waals surface area contributed by atoms with Crippen molar-refractivity contribution in [3.05, 3.63) is 60.2 Å². The van der Waals surface area contributed by atoms with Crippen LogP contribution in [-0.4, -0.2) is 43.6 Å². The van der Waals surface area contributed by atoms with Crippen LogP contribution in [-0.2, 0) is 14.3 Å². The molecule has 2 aromatic carbocycles. The summed E-state index contributed by atoms with van der Waals surface area (Å²) in [5.41, 5.74) is 5.96.